The molecule has 0 aliphatic carbocycles. The lowest BCUT2D eigenvalue weighted by atomic mass is 10.1. The van der Waals surface area contributed by atoms with E-state index in [2.05, 4.69) is 57.0 Å². The summed E-state index contributed by atoms with van der Waals surface area (Å²) in [5.74, 6) is 1.17. The van der Waals surface area contributed by atoms with E-state index in [9.17, 15) is 0 Å². The molecule has 1 heterocycles. The first kappa shape index (κ1) is 15.0. The van der Waals surface area contributed by atoms with Crippen molar-refractivity contribution < 1.29 is 0 Å². The molecule has 0 fully saturated rings. The van der Waals surface area contributed by atoms with E-state index in [4.69, 9.17) is 0 Å². The van der Waals surface area contributed by atoms with E-state index < -0.39 is 0 Å². The van der Waals surface area contributed by atoms with Gasteiger partial charge in [0, 0.05) is 12.2 Å². The highest BCUT2D eigenvalue weighted by Gasteiger charge is 2.03. The molecule has 2 aromatic carbocycles. The number of nitrogens with one attached hydrogen (secondary N) is 2. The van der Waals surface area contributed by atoms with Crippen LogP contribution in [-0.2, 0) is 6.54 Å². The Hall–Kier alpha value is -2.95. The molecule has 5 heteroatoms. The van der Waals surface area contributed by atoms with Gasteiger partial charge in [0.15, 0.2) is 5.82 Å². The lowest BCUT2D eigenvalue weighted by Crippen LogP contribution is -2.06. The summed E-state index contributed by atoms with van der Waals surface area (Å²) in [5, 5.41) is 14.5. The van der Waals surface area contributed by atoms with E-state index in [1.807, 2.05) is 31.2 Å². The van der Waals surface area contributed by atoms with Crippen molar-refractivity contribution in [2.24, 2.45) is 0 Å². The van der Waals surface area contributed by atoms with Crippen LogP contribution in [0.1, 0.15) is 16.7 Å². The lowest BCUT2D eigenvalue weighted by molar-refractivity contribution is 0.965. The average Bonchev–Trinajstić information content (AvgIpc) is 2.57. The Kier molecular flexibility index (Phi) is 4.47. The fourth-order valence-electron chi connectivity index (χ4n) is 2.17. The first-order valence-corrected chi connectivity index (χ1v) is 7.52. The van der Waals surface area contributed by atoms with Crippen molar-refractivity contribution in [1.82, 2.24) is 15.2 Å². The summed E-state index contributed by atoms with van der Waals surface area (Å²) in [5.41, 5.74) is 4.56. The molecule has 5 nitrogen and oxygen atoms in total. The quantitative estimate of drug-likeness (QED) is 0.750. The summed E-state index contributed by atoms with van der Waals surface area (Å²) in [6, 6.07) is 16.4. The van der Waals surface area contributed by atoms with Crippen LogP contribution in [0.25, 0.3) is 0 Å². The van der Waals surface area contributed by atoms with Crippen LogP contribution in [-0.4, -0.2) is 15.2 Å². The SMILES string of the molecule is Cc1ccc(CNc2cnnc(Nc3ccccc3C)n2)cc1. The Morgan fingerprint density at radius 1 is 0.957 bits per heavy atom. The third-order valence-electron chi connectivity index (χ3n) is 3.54. The van der Waals surface area contributed by atoms with Crippen LogP contribution in [0.2, 0.25) is 0 Å². The van der Waals surface area contributed by atoms with E-state index in [0.29, 0.717) is 18.3 Å². The van der Waals surface area contributed by atoms with Gasteiger partial charge in [0.1, 0.15) is 0 Å². The van der Waals surface area contributed by atoms with Gasteiger partial charge in [-0.25, -0.2) is 0 Å². The average molecular weight is 305 g/mol. The molecular weight excluding hydrogens is 286 g/mol. The van der Waals surface area contributed by atoms with Crippen molar-refractivity contribution in [2.75, 3.05) is 10.6 Å². The van der Waals surface area contributed by atoms with Gasteiger partial charge in [0.2, 0.25) is 5.95 Å². The van der Waals surface area contributed by atoms with Gasteiger partial charge in [-0.15, -0.1) is 5.10 Å². The summed E-state index contributed by atoms with van der Waals surface area (Å²) in [4.78, 5) is 4.45. The molecule has 116 valence electrons. The van der Waals surface area contributed by atoms with Gasteiger partial charge in [-0.3, -0.25) is 0 Å². The smallest absolute Gasteiger partial charge is 0.249 e. The molecule has 3 aromatic rings. The molecule has 0 radical (unpaired) electrons. The van der Waals surface area contributed by atoms with E-state index in [-0.39, 0.29) is 0 Å². The minimum Gasteiger partial charge on any atom is -0.365 e. The molecule has 0 atom stereocenters. The number of hydrogen-bond acceptors (Lipinski definition) is 5. The topological polar surface area (TPSA) is 62.7 Å². The normalized spacial score (nSPS) is 10.3. The maximum Gasteiger partial charge on any atom is 0.249 e. The lowest BCUT2D eigenvalue weighted by Gasteiger charge is -2.09. The van der Waals surface area contributed by atoms with Crippen LogP contribution in [0.15, 0.2) is 54.7 Å². The maximum atomic E-state index is 4.45. The molecule has 0 aliphatic rings. The Morgan fingerprint density at radius 3 is 2.52 bits per heavy atom. The van der Waals surface area contributed by atoms with E-state index >= 15 is 0 Å². The number of aromatic nitrogens is 3. The zero-order valence-electron chi connectivity index (χ0n) is 13.2. The van der Waals surface area contributed by atoms with Crippen LogP contribution >= 0.6 is 0 Å². The standard InChI is InChI=1S/C18H19N5/c1-13-7-9-15(10-8-13)11-19-17-12-20-23-18(22-17)21-16-6-4-3-5-14(16)2/h3-10,12H,11H2,1-2H3,(H2,19,21,22,23). The predicted molar refractivity (Wildman–Crippen MR) is 92.8 cm³/mol. The number of rotatable bonds is 5. The number of anilines is 3. The second-order valence-corrected chi connectivity index (χ2v) is 5.44. The van der Waals surface area contributed by atoms with Gasteiger partial charge in [-0.2, -0.15) is 10.1 Å². The summed E-state index contributed by atoms with van der Waals surface area (Å²) in [7, 11) is 0. The van der Waals surface area contributed by atoms with Gasteiger partial charge in [-0.05, 0) is 31.0 Å². The molecule has 0 unspecified atom stereocenters. The van der Waals surface area contributed by atoms with E-state index in [0.717, 1.165) is 11.3 Å². The highest BCUT2D eigenvalue weighted by molar-refractivity contribution is 5.58. The number of nitrogens with zero attached hydrogens (tertiary/aromatic N) is 3. The molecule has 23 heavy (non-hydrogen) atoms. The third-order valence-corrected chi connectivity index (χ3v) is 3.54. The zero-order chi connectivity index (χ0) is 16.1. The van der Waals surface area contributed by atoms with Crippen molar-refractivity contribution in [2.45, 2.75) is 20.4 Å². The second-order valence-electron chi connectivity index (χ2n) is 5.44. The number of para-hydroxylation sites is 1. The van der Waals surface area contributed by atoms with Gasteiger partial charge >= 0.3 is 0 Å². The number of aryl methyl sites for hydroxylation is 2. The molecule has 0 spiro atoms. The van der Waals surface area contributed by atoms with Crippen LogP contribution < -0.4 is 10.6 Å². The molecule has 2 N–H and O–H groups in total. The summed E-state index contributed by atoms with van der Waals surface area (Å²) in [6.45, 7) is 4.81. The zero-order valence-corrected chi connectivity index (χ0v) is 13.2. The largest absolute Gasteiger partial charge is 0.365 e. The molecule has 3 rings (SSSR count). The minimum absolute atomic E-state index is 0.480. The van der Waals surface area contributed by atoms with E-state index in [1.54, 1.807) is 6.20 Å². The molecule has 0 saturated heterocycles. The first-order chi connectivity index (χ1) is 11.2. The monoisotopic (exact) mass is 305 g/mol. The van der Waals surface area contributed by atoms with Gasteiger partial charge in [0.05, 0.1) is 6.20 Å². The van der Waals surface area contributed by atoms with Crippen molar-refractivity contribution in [1.29, 1.82) is 0 Å². The van der Waals surface area contributed by atoms with Gasteiger partial charge < -0.3 is 10.6 Å². The highest BCUT2D eigenvalue weighted by Crippen LogP contribution is 2.17. The van der Waals surface area contributed by atoms with Crippen LogP contribution in [0.5, 0.6) is 0 Å². The van der Waals surface area contributed by atoms with Crippen LogP contribution in [0.4, 0.5) is 17.5 Å². The second kappa shape index (κ2) is 6.87. The summed E-state index contributed by atoms with van der Waals surface area (Å²) >= 11 is 0. The molecule has 0 amide bonds. The van der Waals surface area contributed by atoms with E-state index in [1.165, 1.54) is 11.1 Å². The third kappa shape index (κ3) is 4.03. The predicted octanol–water partition coefficient (Wildman–Crippen LogP) is 3.84. The number of hydrogen-bond donors (Lipinski definition) is 2. The Labute approximate surface area is 135 Å². The van der Waals surface area contributed by atoms with Crippen LogP contribution in [0.3, 0.4) is 0 Å². The minimum atomic E-state index is 0.480. The van der Waals surface area contributed by atoms with Crippen molar-refractivity contribution in [3.63, 3.8) is 0 Å². The Morgan fingerprint density at radius 2 is 1.74 bits per heavy atom. The Balaban J connectivity index is 1.67. The molecule has 0 bridgehead atoms. The fourth-order valence-corrected chi connectivity index (χ4v) is 2.17. The number of benzene rings is 2. The first-order valence-electron chi connectivity index (χ1n) is 7.52. The molecule has 0 aliphatic heterocycles. The summed E-state index contributed by atoms with van der Waals surface area (Å²) < 4.78 is 0. The highest BCUT2D eigenvalue weighted by atomic mass is 15.3. The fraction of sp³-hybridized carbons (Fsp3) is 0.167. The van der Waals surface area contributed by atoms with Crippen molar-refractivity contribution in [3.05, 3.63) is 71.4 Å². The van der Waals surface area contributed by atoms with Gasteiger partial charge in [0.25, 0.3) is 0 Å². The maximum absolute atomic E-state index is 4.45. The van der Waals surface area contributed by atoms with Gasteiger partial charge in [-0.1, -0.05) is 48.0 Å². The summed E-state index contributed by atoms with van der Waals surface area (Å²) in [6.07, 6.45) is 1.62. The molecular formula is C18H19N5. The van der Waals surface area contributed by atoms with Crippen LogP contribution in [0, 0.1) is 13.8 Å². The van der Waals surface area contributed by atoms with Crippen molar-refractivity contribution >= 4 is 17.5 Å². The van der Waals surface area contributed by atoms with Crippen molar-refractivity contribution in [3.8, 4) is 0 Å². The molecule has 0 saturated carbocycles. The molecule has 1 aromatic heterocycles. The Bertz CT molecular complexity index is 783.